The molecule has 2 N–H and O–H groups in total. The number of hydrogen-bond donors (Lipinski definition) is 2. The maximum absolute atomic E-state index is 13.6. The van der Waals surface area contributed by atoms with Crippen LogP contribution >= 0.6 is 0 Å². The van der Waals surface area contributed by atoms with Crippen LogP contribution < -0.4 is 0 Å². The number of aromatic amines is 1. The summed E-state index contributed by atoms with van der Waals surface area (Å²) in [7, 11) is 0. The number of aliphatic hydroxyl groups is 1. The number of H-pyrrole nitrogens is 1. The van der Waals surface area contributed by atoms with Gasteiger partial charge in [0.25, 0.3) is 0 Å². The van der Waals surface area contributed by atoms with E-state index >= 15 is 0 Å². The lowest BCUT2D eigenvalue weighted by Crippen LogP contribution is -2.43. The van der Waals surface area contributed by atoms with Crippen molar-refractivity contribution in [1.82, 2.24) is 9.88 Å². The zero-order chi connectivity index (χ0) is 17.6. The van der Waals surface area contributed by atoms with Crippen LogP contribution in [0.5, 0.6) is 0 Å². The van der Waals surface area contributed by atoms with Crippen molar-refractivity contribution in [2.75, 3.05) is 32.9 Å². The Kier molecular flexibility index (Phi) is 4.04. The lowest BCUT2D eigenvalue weighted by molar-refractivity contribution is -0.130. The van der Waals surface area contributed by atoms with Crippen molar-refractivity contribution in [3.63, 3.8) is 0 Å². The van der Waals surface area contributed by atoms with Gasteiger partial charge in [-0.05, 0) is 43.0 Å². The van der Waals surface area contributed by atoms with Gasteiger partial charge >= 0.3 is 0 Å². The van der Waals surface area contributed by atoms with Gasteiger partial charge in [0, 0.05) is 41.7 Å². The van der Waals surface area contributed by atoms with Crippen LogP contribution in [0.1, 0.15) is 17.7 Å². The van der Waals surface area contributed by atoms with Crippen LogP contribution in [0.2, 0.25) is 0 Å². The van der Waals surface area contributed by atoms with Crippen LogP contribution in [0.3, 0.4) is 0 Å². The van der Waals surface area contributed by atoms with Gasteiger partial charge in [-0.2, -0.15) is 0 Å². The lowest BCUT2D eigenvalue weighted by Gasteiger charge is -2.36. The minimum Gasteiger partial charge on any atom is -0.396 e. The van der Waals surface area contributed by atoms with Crippen LogP contribution in [0.15, 0.2) is 18.2 Å². The molecule has 2 fully saturated rings. The topological polar surface area (TPSA) is 65.6 Å². The van der Waals surface area contributed by atoms with E-state index in [1.165, 1.54) is 12.1 Å². The third-order valence-corrected chi connectivity index (χ3v) is 5.89. The van der Waals surface area contributed by atoms with Gasteiger partial charge in [0.1, 0.15) is 5.82 Å². The van der Waals surface area contributed by atoms with E-state index < -0.39 is 0 Å². The molecule has 0 radical (unpaired) electrons. The Labute approximate surface area is 145 Å². The molecule has 1 aromatic heterocycles. The molecule has 1 aromatic carbocycles. The summed E-state index contributed by atoms with van der Waals surface area (Å²) in [4.78, 5) is 18.0. The number of benzene rings is 1. The average Bonchev–Trinajstić information content (AvgIpc) is 3.14. The van der Waals surface area contributed by atoms with Crippen molar-refractivity contribution in [2.24, 2.45) is 11.3 Å². The molecule has 0 spiro atoms. The molecule has 1 amide bonds. The molecule has 6 heteroatoms. The fraction of sp³-hybridized carbons (Fsp3) is 0.526. The number of nitrogens with one attached hydrogen (secondary N) is 1. The van der Waals surface area contributed by atoms with E-state index in [4.69, 9.17) is 4.74 Å². The van der Waals surface area contributed by atoms with Crippen LogP contribution in [-0.2, 0) is 16.0 Å². The van der Waals surface area contributed by atoms with Crippen molar-refractivity contribution in [1.29, 1.82) is 0 Å². The van der Waals surface area contributed by atoms with Crippen LogP contribution in [0.4, 0.5) is 4.39 Å². The predicted molar refractivity (Wildman–Crippen MR) is 91.7 cm³/mol. The number of nitrogens with zero attached hydrogens (tertiary/aromatic N) is 1. The smallest absolute Gasteiger partial charge is 0.227 e. The Morgan fingerprint density at radius 2 is 2.36 bits per heavy atom. The molecule has 4 rings (SSSR count). The number of aliphatic hydroxyl groups excluding tert-OH is 1. The summed E-state index contributed by atoms with van der Waals surface area (Å²) in [6.07, 6.45) is 1.12. The number of hydrogen-bond acceptors (Lipinski definition) is 3. The second-order valence-electron chi connectivity index (χ2n) is 7.43. The number of carbonyl (C=O) groups excluding carboxylic acids is 1. The number of carbonyl (C=O) groups is 1. The summed E-state index contributed by atoms with van der Waals surface area (Å²) in [5, 5.41) is 10.6. The molecule has 0 saturated carbocycles. The molecule has 134 valence electrons. The van der Waals surface area contributed by atoms with Crippen molar-refractivity contribution in [2.45, 2.75) is 19.8 Å². The molecule has 2 saturated heterocycles. The molecule has 2 aliphatic heterocycles. The van der Waals surface area contributed by atoms with E-state index in [-0.39, 0.29) is 36.1 Å². The van der Waals surface area contributed by atoms with E-state index in [1.807, 2.05) is 11.8 Å². The highest BCUT2D eigenvalue weighted by atomic mass is 19.1. The van der Waals surface area contributed by atoms with Gasteiger partial charge in [0.05, 0.1) is 19.6 Å². The Bertz CT molecular complexity index is 818. The summed E-state index contributed by atoms with van der Waals surface area (Å²) in [6.45, 7) is 4.35. The molecule has 0 unspecified atom stereocenters. The normalized spacial score (nSPS) is 26.2. The van der Waals surface area contributed by atoms with Crippen molar-refractivity contribution < 1.29 is 19.0 Å². The Balaban J connectivity index is 1.57. The van der Waals surface area contributed by atoms with E-state index in [9.17, 15) is 14.3 Å². The first-order chi connectivity index (χ1) is 12.0. The molecular weight excluding hydrogens is 323 g/mol. The molecule has 3 heterocycles. The Morgan fingerprint density at radius 1 is 1.52 bits per heavy atom. The van der Waals surface area contributed by atoms with Gasteiger partial charge in [0.15, 0.2) is 0 Å². The van der Waals surface area contributed by atoms with Gasteiger partial charge in [-0.15, -0.1) is 0 Å². The Morgan fingerprint density at radius 3 is 3.12 bits per heavy atom. The maximum Gasteiger partial charge on any atom is 0.227 e. The third kappa shape index (κ3) is 2.73. The number of ether oxygens (including phenoxy) is 1. The number of fused-ring (bicyclic) bond motifs is 2. The quantitative estimate of drug-likeness (QED) is 0.894. The van der Waals surface area contributed by atoms with Gasteiger partial charge in [0.2, 0.25) is 5.91 Å². The molecule has 2 aromatic rings. The minimum absolute atomic E-state index is 0.0236. The maximum atomic E-state index is 13.6. The highest BCUT2D eigenvalue weighted by molar-refractivity contribution is 5.90. The molecule has 5 nitrogen and oxygen atoms in total. The third-order valence-electron chi connectivity index (χ3n) is 5.89. The number of likely N-dealkylation sites (tertiary alicyclic amines) is 1. The lowest BCUT2D eigenvalue weighted by atomic mass is 9.76. The average molecular weight is 346 g/mol. The summed E-state index contributed by atoms with van der Waals surface area (Å²) >= 11 is 0. The number of rotatable bonds is 3. The van der Waals surface area contributed by atoms with E-state index in [2.05, 4.69) is 4.98 Å². The van der Waals surface area contributed by atoms with Crippen molar-refractivity contribution >= 4 is 16.8 Å². The summed E-state index contributed by atoms with van der Waals surface area (Å²) in [6, 6.07) is 4.60. The number of halogens is 1. The number of aromatic nitrogens is 1. The highest BCUT2D eigenvalue weighted by Crippen LogP contribution is 2.41. The number of amides is 1. The fourth-order valence-corrected chi connectivity index (χ4v) is 4.36. The van der Waals surface area contributed by atoms with E-state index in [0.29, 0.717) is 26.3 Å². The Hall–Kier alpha value is -1.92. The monoisotopic (exact) mass is 346 g/mol. The standard InChI is InChI=1S/C19H23FN2O3/c1-12-15(16-6-14(20)2-3-17(16)21-12)7-18(24)22-8-13-4-5-25-11-19(13,9-22)10-23/h2-3,6,13,21,23H,4-5,7-11H2,1H3/t13-,19+/m0/s1. The predicted octanol–water partition coefficient (Wildman–Crippen LogP) is 2.02. The minimum atomic E-state index is -0.324. The van der Waals surface area contributed by atoms with E-state index in [1.54, 1.807) is 6.07 Å². The second-order valence-corrected chi connectivity index (χ2v) is 7.43. The SMILES string of the molecule is Cc1[nH]c2ccc(F)cc2c1CC(=O)N1C[C@@H]2CCOC[C@]2(CO)C1. The van der Waals surface area contributed by atoms with Crippen molar-refractivity contribution in [3.05, 3.63) is 35.3 Å². The summed E-state index contributed by atoms with van der Waals surface area (Å²) < 4.78 is 19.2. The molecule has 25 heavy (non-hydrogen) atoms. The first-order valence-electron chi connectivity index (χ1n) is 8.75. The molecule has 2 aliphatic rings. The second kappa shape index (κ2) is 6.11. The molecule has 0 aliphatic carbocycles. The van der Waals surface area contributed by atoms with Crippen LogP contribution in [0, 0.1) is 24.1 Å². The molecular formula is C19H23FN2O3. The first kappa shape index (κ1) is 16.5. The van der Waals surface area contributed by atoms with Gasteiger partial charge in [-0.3, -0.25) is 4.79 Å². The molecule has 2 atom stereocenters. The van der Waals surface area contributed by atoms with E-state index in [0.717, 1.165) is 28.6 Å². The first-order valence-corrected chi connectivity index (χ1v) is 8.75. The highest BCUT2D eigenvalue weighted by Gasteiger charge is 2.49. The van der Waals surface area contributed by atoms with Crippen LogP contribution in [0.25, 0.3) is 10.9 Å². The van der Waals surface area contributed by atoms with Crippen molar-refractivity contribution in [3.8, 4) is 0 Å². The summed E-state index contributed by atoms with van der Waals surface area (Å²) in [5.74, 6) is 0.0102. The fourth-order valence-electron chi connectivity index (χ4n) is 4.36. The van der Waals surface area contributed by atoms with Crippen LogP contribution in [-0.4, -0.2) is 53.8 Å². The van der Waals surface area contributed by atoms with Gasteiger partial charge < -0.3 is 19.7 Å². The largest absolute Gasteiger partial charge is 0.396 e. The number of aryl methyl sites for hydroxylation is 1. The van der Waals surface area contributed by atoms with Gasteiger partial charge in [-0.25, -0.2) is 4.39 Å². The zero-order valence-corrected chi connectivity index (χ0v) is 14.3. The zero-order valence-electron chi connectivity index (χ0n) is 14.3. The summed E-state index contributed by atoms with van der Waals surface area (Å²) in [5.41, 5.74) is 2.27. The van der Waals surface area contributed by atoms with Gasteiger partial charge in [-0.1, -0.05) is 0 Å². The molecule has 0 bridgehead atoms.